The predicted molar refractivity (Wildman–Crippen MR) is 92.8 cm³/mol. The van der Waals surface area contributed by atoms with Crippen LogP contribution >= 0.6 is 0 Å². The van der Waals surface area contributed by atoms with Crippen LogP contribution in [0.3, 0.4) is 0 Å². The van der Waals surface area contributed by atoms with Crippen molar-refractivity contribution in [2.75, 3.05) is 0 Å². The molecule has 0 atom stereocenters. The molecule has 24 heavy (non-hydrogen) atoms. The van der Waals surface area contributed by atoms with Gasteiger partial charge in [0.25, 0.3) is 0 Å². The van der Waals surface area contributed by atoms with Crippen LogP contribution in [0.25, 0.3) is 0 Å². The summed E-state index contributed by atoms with van der Waals surface area (Å²) in [6.07, 6.45) is 4.20. The lowest BCUT2D eigenvalue weighted by Crippen LogP contribution is -2.12. The molecule has 0 aliphatic heterocycles. The molecule has 0 radical (unpaired) electrons. The van der Waals surface area contributed by atoms with E-state index in [1.165, 1.54) is 17.2 Å². The Morgan fingerprint density at radius 3 is 2.50 bits per heavy atom. The Morgan fingerprint density at radius 2 is 1.71 bits per heavy atom. The number of hydrogen-bond acceptors (Lipinski definition) is 2. The van der Waals surface area contributed by atoms with Gasteiger partial charge in [0.1, 0.15) is 5.82 Å². The smallest absolute Gasteiger partial charge is 0.128 e. The van der Waals surface area contributed by atoms with Crippen molar-refractivity contribution in [1.29, 1.82) is 0 Å². The summed E-state index contributed by atoms with van der Waals surface area (Å²) < 4.78 is 15.5. The minimum Gasteiger partial charge on any atom is -0.392 e. The fourth-order valence-electron chi connectivity index (χ4n) is 2.70. The summed E-state index contributed by atoms with van der Waals surface area (Å²) in [7, 11) is 0. The van der Waals surface area contributed by atoms with Gasteiger partial charge in [0.2, 0.25) is 0 Å². The van der Waals surface area contributed by atoms with Crippen LogP contribution in [0.1, 0.15) is 22.3 Å². The number of rotatable bonds is 7. The lowest BCUT2D eigenvalue weighted by molar-refractivity contribution is 0.275. The molecule has 0 spiro atoms. The molecule has 0 aliphatic carbocycles. The molecule has 0 aliphatic rings. The molecule has 4 heteroatoms. The molecule has 124 valence electrons. The largest absolute Gasteiger partial charge is 0.392 e. The molecule has 0 amide bonds. The van der Waals surface area contributed by atoms with E-state index >= 15 is 0 Å². The normalized spacial score (nSPS) is 10.9. The minimum atomic E-state index is -0.362. The third-order valence-electron chi connectivity index (χ3n) is 3.96. The van der Waals surface area contributed by atoms with Gasteiger partial charge in [0.05, 0.1) is 6.61 Å². The zero-order chi connectivity index (χ0) is 16.8. The number of nitrogens with one attached hydrogen (secondary N) is 1. The first kappa shape index (κ1) is 16.4. The van der Waals surface area contributed by atoms with Gasteiger partial charge < -0.3 is 15.0 Å². The Morgan fingerprint density at radius 1 is 0.917 bits per heavy atom. The number of halogens is 1. The zero-order valence-electron chi connectivity index (χ0n) is 13.5. The molecule has 3 rings (SSSR count). The second kappa shape index (κ2) is 7.90. The molecule has 3 aromatic rings. The Bertz CT molecular complexity index is 783. The van der Waals surface area contributed by atoms with Gasteiger partial charge in [0.15, 0.2) is 0 Å². The second-order valence-corrected chi connectivity index (χ2v) is 5.87. The topological polar surface area (TPSA) is 37.2 Å². The molecule has 0 saturated heterocycles. The Balaban J connectivity index is 1.52. The fourth-order valence-corrected chi connectivity index (χ4v) is 2.70. The molecular weight excluding hydrogens is 303 g/mol. The van der Waals surface area contributed by atoms with E-state index in [0.717, 1.165) is 18.7 Å². The first-order valence-electron chi connectivity index (χ1n) is 8.02. The van der Waals surface area contributed by atoms with Crippen molar-refractivity contribution in [2.24, 2.45) is 0 Å². The molecule has 3 nitrogen and oxygen atoms in total. The summed E-state index contributed by atoms with van der Waals surface area (Å²) in [4.78, 5) is 0. The van der Waals surface area contributed by atoms with Crippen LogP contribution in [0.2, 0.25) is 0 Å². The van der Waals surface area contributed by atoms with Crippen LogP contribution < -0.4 is 5.32 Å². The van der Waals surface area contributed by atoms with Crippen LogP contribution in [0.15, 0.2) is 67.0 Å². The Kier molecular flexibility index (Phi) is 5.41. The Hall–Kier alpha value is -2.43. The van der Waals surface area contributed by atoms with Gasteiger partial charge in [-0.2, -0.15) is 0 Å². The number of benzene rings is 2. The molecular formula is C20H21FN2O. The van der Waals surface area contributed by atoms with Gasteiger partial charge in [0, 0.05) is 37.6 Å². The quantitative estimate of drug-likeness (QED) is 0.698. The first-order chi connectivity index (χ1) is 11.7. The molecule has 0 unspecified atom stereocenters. The highest BCUT2D eigenvalue weighted by molar-refractivity contribution is 5.24. The van der Waals surface area contributed by atoms with Crippen LogP contribution in [0.5, 0.6) is 0 Å². The van der Waals surface area contributed by atoms with Gasteiger partial charge in [-0.15, -0.1) is 0 Å². The third kappa shape index (κ3) is 4.31. The molecule has 1 aromatic heterocycles. The van der Waals surface area contributed by atoms with Gasteiger partial charge in [-0.1, -0.05) is 36.4 Å². The van der Waals surface area contributed by atoms with E-state index in [0.29, 0.717) is 12.1 Å². The number of nitrogens with zero attached hydrogens (tertiary/aromatic N) is 1. The van der Waals surface area contributed by atoms with Crippen molar-refractivity contribution >= 4 is 0 Å². The standard InChI is InChI=1S/C20H21FN2O/c21-20-7-6-17(10-19(20)15-24)11-22-12-18-8-9-23(14-18)13-16-4-2-1-3-5-16/h1-10,14,22,24H,11-13,15H2. The van der Waals surface area contributed by atoms with E-state index in [2.05, 4.69) is 40.5 Å². The highest BCUT2D eigenvalue weighted by Crippen LogP contribution is 2.11. The summed E-state index contributed by atoms with van der Waals surface area (Å²) in [6, 6.07) is 17.3. The highest BCUT2D eigenvalue weighted by Gasteiger charge is 2.03. The number of aromatic nitrogens is 1. The van der Waals surface area contributed by atoms with Crippen LogP contribution in [0.4, 0.5) is 4.39 Å². The molecule has 0 bridgehead atoms. The van der Waals surface area contributed by atoms with Crippen LogP contribution in [-0.2, 0) is 26.2 Å². The van der Waals surface area contributed by atoms with Crippen molar-refractivity contribution in [1.82, 2.24) is 9.88 Å². The van der Waals surface area contributed by atoms with Gasteiger partial charge in [-0.3, -0.25) is 0 Å². The number of hydrogen-bond donors (Lipinski definition) is 2. The average Bonchev–Trinajstić information content (AvgIpc) is 3.04. The summed E-state index contributed by atoms with van der Waals surface area (Å²) in [5.41, 5.74) is 3.78. The maximum atomic E-state index is 13.4. The summed E-state index contributed by atoms with van der Waals surface area (Å²) in [5.74, 6) is -0.362. The van der Waals surface area contributed by atoms with Crippen LogP contribution in [-0.4, -0.2) is 9.67 Å². The van der Waals surface area contributed by atoms with E-state index < -0.39 is 0 Å². The van der Waals surface area contributed by atoms with Crippen molar-refractivity contribution in [3.8, 4) is 0 Å². The lowest BCUT2D eigenvalue weighted by Gasteiger charge is -2.06. The van der Waals surface area contributed by atoms with E-state index in [4.69, 9.17) is 5.11 Å². The fraction of sp³-hybridized carbons (Fsp3) is 0.200. The zero-order valence-corrected chi connectivity index (χ0v) is 13.5. The summed E-state index contributed by atoms with van der Waals surface area (Å²) in [6.45, 7) is 1.96. The van der Waals surface area contributed by atoms with E-state index in [1.807, 2.05) is 18.2 Å². The van der Waals surface area contributed by atoms with E-state index in [9.17, 15) is 4.39 Å². The van der Waals surface area contributed by atoms with Gasteiger partial charge >= 0.3 is 0 Å². The molecule has 0 fully saturated rings. The summed E-state index contributed by atoms with van der Waals surface area (Å²) >= 11 is 0. The minimum absolute atomic E-state index is 0.276. The summed E-state index contributed by atoms with van der Waals surface area (Å²) in [5, 5.41) is 12.5. The SMILES string of the molecule is OCc1cc(CNCc2ccn(Cc3ccccc3)c2)ccc1F. The van der Waals surface area contributed by atoms with Crippen molar-refractivity contribution < 1.29 is 9.50 Å². The predicted octanol–water partition coefficient (Wildman–Crippen LogP) is 3.46. The number of aliphatic hydroxyl groups is 1. The molecule has 2 aromatic carbocycles. The third-order valence-corrected chi connectivity index (χ3v) is 3.96. The molecule has 0 saturated carbocycles. The average molecular weight is 324 g/mol. The second-order valence-electron chi connectivity index (χ2n) is 5.87. The first-order valence-corrected chi connectivity index (χ1v) is 8.02. The molecule has 1 heterocycles. The van der Waals surface area contributed by atoms with Crippen molar-refractivity contribution in [3.63, 3.8) is 0 Å². The maximum absolute atomic E-state index is 13.4. The Labute approximate surface area is 141 Å². The highest BCUT2D eigenvalue weighted by atomic mass is 19.1. The van der Waals surface area contributed by atoms with E-state index in [1.54, 1.807) is 12.1 Å². The van der Waals surface area contributed by atoms with Gasteiger partial charge in [-0.05, 0) is 34.9 Å². The maximum Gasteiger partial charge on any atom is 0.128 e. The molecule has 2 N–H and O–H groups in total. The lowest BCUT2D eigenvalue weighted by atomic mass is 10.1. The number of aliphatic hydroxyl groups excluding tert-OH is 1. The van der Waals surface area contributed by atoms with Gasteiger partial charge in [-0.25, -0.2) is 4.39 Å². The van der Waals surface area contributed by atoms with Crippen molar-refractivity contribution in [2.45, 2.75) is 26.2 Å². The van der Waals surface area contributed by atoms with Crippen molar-refractivity contribution in [3.05, 3.63) is 95.1 Å². The van der Waals surface area contributed by atoms with E-state index in [-0.39, 0.29) is 12.4 Å². The monoisotopic (exact) mass is 324 g/mol. The van der Waals surface area contributed by atoms with Crippen LogP contribution in [0, 0.1) is 5.82 Å².